The molecule has 0 amide bonds. The summed E-state index contributed by atoms with van der Waals surface area (Å²) in [7, 11) is 0. The molecule has 6 heteroatoms. The maximum atomic E-state index is 11.9. The van der Waals surface area contributed by atoms with Crippen LogP contribution in [0.15, 0.2) is 30.3 Å². The molecule has 0 aliphatic carbocycles. The third-order valence-corrected chi connectivity index (χ3v) is 3.23. The molecule has 2 rings (SSSR count). The molecule has 0 aliphatic rings. The van der Waals surface area contributed by atoms with E-state index in [2.05, 4.69) is 12.0 Å². The van der Waals surface area contributed by atoms with Gasteiger partial charge in [0.15, 0.2) is 5.69 Å². The van der Waals surface area contributed by atoms with Gasteiger partial charge in [-0.25, -0.2) is 9.48 Å². The molecule has 0 N–H and O–H groups in total. The molecule has 0 radical (unpaired) electrons. The monoisotopic (exact) mass is 322 g/mol. The molecule has 2 aromatic rings. The van der Waals surface area contributed by atoms with Crippen LogP contribution in [0, 0.1) is 0 Å². The number of halogens is 1. The van der Waals surface area contributed by atoms with Gasteiger partial charge in [-0.3, -0.25) is 0 Å². The highest BCUT2D eigenvalue weighted by Crippen LogP contribution is 2.22. The van der Waals surface area contributed by atoms with Gasteiger partial charge in [-0.2, -0.15) is 5.10 Å². The van der Waals surface area contributed by atoms with Crippen molar-refractivity contribution in [3.63, 3.8) is 0 Å². The second-order valence-corrected chi connectivity index (χ2v) is 5.11. The molecule has 0 bridgehead atoms. The van der Waals surface area contributed by atoms with Crippen molar-refractivity contribution in [1.82, 2.24) is 9.78 Å². The summed E-state index contributed by atoms with van der Waals surface area (Å²) in [6.45, 7) is 4.72. The van der Waals surface area contributed by atoms with Crippen LogP contribution in [-0.4, -0.2) is 29.0 Å². The zero-order valence-electron chi connectivity index (χ0n) is 12.7. The maximum absolute atomic E-state index is 11.9. The van der Waals surface area contributed by atoms with Crippen LogP contribution in [0.4, 0.5) is 0 Å². The third-order valence-electron chi connectivity index (χ3n) is 2.98. The summed E-state index contributed by atoms with van der Waals surface area (Å²) in [5.41, 5.74) is 0.995. The Bertz CT molecular complexity index is 623. The van der Waals surface area contributed by atoms with Gasteiger partial charge in [0.2, 0.25) is 5.88 Å². The Kier molecular flexibility index (Phi) is 5.83. The lowest BCUT2D eigenvalue weighted by Gasteiger charge is -2.08. The molecule has 1 aromatic carbocycles. The first kappa shape index (κ1) is 16.4. The second-order valence-electron chi connectivity index (χ2n) is 4.68. The highest BCUT2D eigenvalue weighted by atomic mass is 35.5. The Morgan fingerprint density at radius 1 is 1.27 bits per heavy atom. The van der Waals surface area contributed by atoms with Crippen LogP contribution in [0.3, 0.4) is 0 Å². The summed E-state index contributed by atoms with van der Waals surface area (Å²) in [5.74, 6) is 0.0504. The predicted octanol–water partition coefficient (Wildman–Crippen LogP) is 3.88. The van der Waals surface area contributed by atoms with E-state index in [4.69, 9.17) is 21.1 Å². The average Bonchev–Trinajstić information content (AvgIpc) is 2.93. The zero-order chi connectivity index (χ0) is 15.9. The molecule has 0 spiro atoms. The van der Waals surface area contributed by atoms with Crippen molar-refractivity contribution in [2.45, 2.75) is 26.7 Å². The van der Waals surface area contributed by atoms with E-state index in [9.17, 15) is 4.79 Å². The molecule has 0 fully saturated rings. The minimum Gasteiger partial charge on any atom is -0.478 e. The van der Waals surface area contributed by atoms with Gasteiger partial charge in [0.1, 0.15) is 0 Å². The molecule has 0 saturated heterocycles. The van der Waals surface area contributed by atoms with E-state index in [0.717, 1.165) is 18.5 Å². The van der Waals surface area contributed by atoms with E-state index >= 15 is 0 Å². The molecule has 0 saturated carbocycles. The Labute approximate surface area is 134 Å². The van der Waals surface area contributed by atoms with Crippen molar-refractivity contribution in [2.24, 2.45) is 0 Å². The van der Waals surface area contributed by atoms with Crippen LogP contribution in [0.2, 0.25) is 5.02 Å². The number of nitrogens with zero attached hydrogens (tertiary/aromatic N) is 2. The largest absolute Gasteiger partial charge is 0.478 e. The molecule has 22 heavy (non-hydrogen) atoms. The summed E-state index contributed by atoms with van der Waals surface area (Å²) in [4.78, 5) is 11.9. The second kappa shape index (κ2) is 7.84. The first-order valence-electron chi connectivity index (χ1n) is 7.31. The quantitative estimate of drug-likeness (QED) is 0.573. The number of hydrogen-bond donors (Lipinski definition) is 0. The standard InChI is InChI=1S/C16H19ClN2O3/c1-3-5-10-22-15-11-14(16(20)21-4-2)18-19(15)13-8-6-12(17)7-9-13/h6-9,11H,3-5,10H2,1-2H3. The van der Waals surface area contributed by atoms with Crippen molar-refractivity contribution >= 4 is 17.6 Å². The number of ether oxygens (including phenoxy) is 2. The number of hydrogen-bond acceptors (Lipinski definition) is 4. The van der Waals surface area contributed by atoms with E-state index < -0.39 is 5.97 Å². The van der Waals surface area contributed by atoms with Gasteiger partial charge >= 0.3 is 5.97 Å². The van der Waals surface area contributed by atoms with E-state index in [-0.39, 0.29) is 5.69 Å². The number of carbonyl (C=O) groups is 1. The van der Waals surface area contributed by atoms with Crippen LogP contribution in [0.1, 0.15) is 37.2 Å². The molecular weight excluding hydrogens is 304 g/mol. The summed E-state index contributed by atoms with van der Waals surface area (Å²) in [5, 5.41) is 4.92. The topological polar surface area (TPSA) is 53.4 Å². The first-order chi connectivity index (χ1) is 10.7. The lowest BCUT2D eigenvalue weighted by Crippen LogP contribution is -2.07. The smallest absolute Gasteiger partial charge is 0.358 e. The zero-order valence-corrected chi connectivity index (χ0v) is 13.5. The van der Waals surface area contributed by atoms with E-state index in [1.807, 2.05) is 12.1 Å². The van der Waals surface area contributed by atoms with Crippen LogP contribution in [0.5, 0.6) is 5.88 Å². The number of rotatable bonds is 7. The lowest BCUT2D eigenvalue weighted by atomic mass is 10.3. The summed E-state index contributed by atoms with van der Waals surface area (Å²) in [6, 6.07) is 8.76. The molecule has 0 unspecified atom stereocenters. The SMILES string of the molecule is CCCCOc1cc(C(=O)OCC)nn1-c1ccc(Cl)cc1. The third kappa shape index (κ3) is 4.01. The first-order valence-corrected chi connectivity index (χ1v) is 7.69. The van der Waals surface area contributed by atoms with Crippen molar-refractivity contribution in [1.29, 1.82) is 0 Å². The van der Waals surface area contributed by atoms with E-state index in [1.54, 1.807) is 29.8 Å². The predicted molar refractivity (Wildman–Crippen MR) is 84.9 cm³/mol. The molecule has 1 heterocycles. The van der Waals surface area contributed by atoms with Gasteiger partial charge in [0.25, 0.3) is 0 Å². The Hall–Kier alpha value is -2.01. The fourth-order valence-electron chi connectivity index (χ4n) is 1.86. The molecule has 1 aromatic heterocycles. The normalized spacial score (nSPS) is 10.5. The van der Waals surface area contributed by atoms with Gasteiger partial charge in [-0.05, 0) is 37.6 Å². The van der Waals surface area contributed by atoms with E-state index in [0.29, 0.717) is 24.1 Å². The summed E-state index contributed by atoms with van der Waals surface area (Å²) >= 11 is 5.90. The van der Waals surface area contributed by atoms with Crippen LogP contribution in [0.25, 0.3) is 5.69 Å². The summed E-state index contributed by atoms with van der Waals surface area (Å²) < 4.78 is 12.3. The Morgan fingerprint density at radius 3 is 2.64 bits per heavy atom. The molecule has 0 aliphatic heterocycles. The fourth-order valence-corrected chi connectivity index (χ4v) is 1.99. The number of aromatic nitrogens is 2. The minimum absolute atomic E-state index is 0.225. The maximum Gasteiger partial charge on any atom is 0.358 e. The fraction of sp³-hybridized carbons (Fsp3) is 0.375. The minimum atomic E-state index is -0.462. The Balaban J connectivity index is 2.31. The molecule has 5 nitrogen and oxygen atoms in total. The highest BCUT2D eigenvalue weighted by molar-refractivity contribution is 6.30. The molecular formula is C16H19ClN2O3. The number of esters is 1. The molecule has 118 valence electrons. The highest BCUT2D eigenvalue weighted by Gasteiger charge is 2.17. The van der Waals surface area contributed by atoms with Crippen LogP contribution < -0.4 is 4.74 Å². The van der Waals surface area contributed by atoms with Gasteiger partial charge < -0.3 is 9.47 Å². The number of unbranched alkanes of at least 4 members (excludes halogenated alkanes) is 1. The van der Waals surface area contributed by atoms with Gasteiger partial charge in [0.05, 0.1) is 18.9 Å². The number of benzene rings is 1. The van der Waals surface area contributed by atoms with E-state index in [1.165, 1.54) is 0 Å². The van der Waals surface area contributed by atoms with Crippen molar-refractivity contribution in [3.05, 3.63) is 41.0 Å². The van der Waals surface area contributed by atoms with Crippen molar-refractivity contribution in [3.8, 4) is 11.6 Å². The number of carbonyl (C=O) groups excluding carboxylic acids is 1. The molecule has 0 atom stereocenters. The lowest BCUT2D eigenvalue weighted by molar-refractivity contribution is 0.0519. The van der Waals surface area contributed by atoms with Gasteiger partial charge in [0, 0.05) is 11.1 Å². The van der Waals surface area contributed by atoms with Crippen LogP contribution >= 0.6 is 11.6 Å². The summed E-state index contributed by atoms with van der Waals surface area (Å²) in [6.07, 6.45) is 1.96. The van der Waals surface area contributed by atoms with Gasteiger partial charge in [-0.15, -0.1) is 0 Å². The van der Waals surface area contributed by atoms with Crippen molar-refractivity contribution < 1.29 is 14.3 Å². The van der Waals surface area contributed by atoms with Crippen LogP contribution in [-0.2, 0) is 4.74 Å². The van der Waals surface area contributed by atoms with Crippen molar-refractivity contribution in [2.75, 3.05) is 13.2 Å². The Morgan fingerprint density at radius 2 is 2.00 bits per heavy atom. The van der Waals surface area contributed by atoms with Gasteiger partial charge in [-0.1, -0.05) is 24.9 Å². The average molecular weight is 323 g/mol.